The average molecular weight is 490 g/mol. The molecule has 34 heavy (non-hydrogen) atoms. The van der Waals surface area contributed by atoms with Gasteiger partial charge in [0.05, 0.1) is 11.9 Å². The van der Waals surface area contributed by atoms with Crippen LogP contribution >= 0.6 is 0 Å². The van der Waals surface area contributed by atoms with E-state index in [-0.39, 0.29) is 18.5 Å². The summed E-state index contributed by atoms with van der Waals surface area (Å²) < 4.78 is 39.6. The van der Waals surface area contributed by atoms with Gasteiger partial charge in [0, 0.05) is 12.6 Å². The van der Waals surface area contributed by atoms with E-state index in [9.17, 15) is 22.4 Å². The maximum absolute atomic E-state index is 13.5. The number of rotatable bonds is 9. The van der Waals surface area contributed by atoms with Gasteiger partial charge in [-0.3, -0.25) is 13.9 Å². The third kappa shape index (κ3) is 6.79. The molecule has 0 saturated heterocycles. The number of halogens is 1. The van der Waals surface area contributed by atoms with Crippen LogP contribution < -0.4 is 9.62 Å². The molecule has 2 aromatic carbocycles. The van der Waals surface area contributed by atoms with Crippen LogP contribution in [-0.2, 0) is 26.2 Å². The largest absolute Gasteiger partial charge is 0.352 e. The van der Waals surface area contributed by atoms with Crippen LogP contribution in [0.2, 0.25) is 0 Å². The summed E-state index contributed by atoms with van der Waals surface area (Å²) in [5.74, 6) is -1.22. The van der Waals surface area contributed by atoms with E-state index in [2.05, 4.69) is 5.32 Å². The summed E-state index contributed by atoms with van der Waals surface area (Å²) in [5.41, 5.74) is 1.86. The molecule has 1 aliphatic rings. The van der Waals surface area contributed by atoms with Gasteiger partial charge in [0.2, 0.25) is 21.8 Å². The van der Waals surface area contributed by atoms with Gasteiger partial charge in [-0.05, 0) is 62.1 Å². The highest BCUT2D eigenvalue weighted by molar-refractivity contribution is 7.92. The Morgan fingerprint density at radius 2 is 1.76 bits per heavy atom. The molecule has 1 atom stereocenters. The number of aryl methyl sites for hydroxylation is 1. The minimum Gasteiger partial charge on any atom is -0.352 e. The number of anilines is 1. The van der Waals surface area contributed by atoms with Crippen molar-refractivity contribution in [3.05, 3.63) is 65.5 Å². The molecule has 7 nitrogen and oxygen atoms in total. The first kappa shape index (κ1) is 25.7. The number of nitrogens with zero attached hydrogens (tertiary/aromatic N) is 2. The molecule has 0 aromatic heterocycles. The number of hydrogen-bond acceptors (Lipinski definition) is 4. The van der Waals surface area contributed by atoms with Gasteiger partial charge >= 0.3 is 0 Å². The van der Waals surface area contributed by atoms with Crippen molar-refractivity contribution in [1.29, 1.82) is 0 Å². The molecule has 0 unspecified atom stereocenters. The molecule has 0 radical (unpaired) electrons. The van der Waals surface area contributed by atoms with Crippen LogP contribution in [0.4, 0.5) is 10.1 Å². The third-order valence-electron chi connectivity index (χ3n) is 6.10. The summed E-state index contributed by atoms with van der Waals surface area (Å²) in [5, 5.41) is 3.01. The molecule has 0 spiro atoms. The summed E-state index contributed by atoms with van der Waals surface area (Å²) in [4.78, 5) is 27.8. The molecular formula is C25H32FN3O4S. The molecule has 1 N–H and O–H groups in total. The Kier molecular flexibility index (Phi) is 8.30. The molecule has 3 rings (SSSR count). The number of hydrogen-bond donors (Lipinski definition) is 1. The standard InChI is InChI=1S/C25H32FN3O4S/c1-18-7-6-10-23(15-18)29(34(3,32)33)17-24(30)28(16-20-11-13-21(26)14-12-20)19(2)25(31)27-22-8-4-5-9-22/h6-7,10-15,19,22H,4-5,8-9,16-17H2,1-3H3,(H,27,31)/t19-/m1/s1. The van der Waals surface area contributed by atoms with Crippen molar-refractivity contribution >= 4 is 27.5 Å². The third-order valence-corrected chi connectivity index (χ3v) is 7.24. The maximum Gasteiger partial charge on any atom is 0.244 e. The molecule has 1 fully saturated rings. The van der Waals surface area contributed by atoms with Gasteiger partial charge < -0.3 is 10.2 Å². The molecule has 184 valence electrons. The van der Waals surface area contributed by atoms with Gasteiger partial charge in [-0.2, -0.15) is 0 Å². The summed E-state index contributed by atoms with van der Waals surface area (Å²) in [6, 6.07) is 11.8. The number of carbonyl (C=O) groups is 2. The normalized spacial score (nSPS) is 15.1. The van der Waals surface area contributed by atoms with Crippen LogP contribution in [0.3, 0.4) is 0 Å². The fourth-order valence-electron chi connectivity index (χ4n) is 4.16. The zero-order valence-electron chi connectivity index (χ0n) is 19.8. The number of amides is 2. The minimum absolute atomic E-state index is 0.0454. The smallest absolute Gasteiger partial charge is 0.244 e. The highest BCUT2D eigenvalue weighted by atomic mass is 32.2. The Balaban J connectivity index is 1.87. The predicted molar refractivity (Wildman–Crippen MR) is 130 cm³/mol. The van der Waals surface area contributed by atoms with E-state index in [0.717, 1.165) is 41.8 Å². The van der Waals surface area contributed by atoms with Crippen molar-refractivity contribution in [3.63, 3.8) is 0 Å². The lowest BCUT2D eigenvalue weighted by Gasteiger charge is -2.32. The van der Waals surface area contributed by atoms with E-state index >= 15 is 0 Å². The van der Waals surface area contributed by atoms with E-state index in [1.807, 2.05) is 13.0 Å². The first-order valence-corrected chi connectivity index (χ1v) is 13.3. The topological polar surface area (TPSA) is 86.8 Å². The van der Waals surface area contributed by atoms with Crippen molar-refractivity contribution in [3.8, 4) is 0 Å². The van der Waals surface area contributed by atoms with Gasteiger partial charge in [0.25, 0.3) is 0 Å². The molecule has 2 amide bonds. The lowest BCUT2D eigenvalue weighted by molar-refractivity contribution is -0.139. The van der Waals surface area contributed by atoms with Crippen molar-refractivity contribution in [2.75, 3.05) is 17.1 Å². The van der Waals surface area contributed by atoms with Crippen LogP contribution in [0, 0.1) is 12.7 Å². The van der Waals surface area contributed by atoms with E-state index in [1.165, 1.54) is 17.0 Å². The van der Waals surface area contributed by atoms with Crippen LogP contribution in [0.5, 0.6) is 0 Å². The Labute approximate surface area is 201 Å². The highest BCUT2D eigenvalue weighted by Gasteiger charge is 2.31. The molecular weight excluding hydrogens is 457 g/mol. The van der Waals surface area contributed by atoms with Gasteiger partial charge in [-0.1, -0.05) is 37.1 Å². The van der Waals surface area contributed by atoms with Gasteiger partial charge in [-0.25, -0.2) is 12.8 Å². The Bertz CT molecular complexity index is 1120. The van der Waals surface area contributed by atoms with Crippen LogP contribution in [0.25, 0.3) is 0 Å². The van der Waals surface area contributed by atoms with Crippen LogP contribution in [0.15, 0.2) is 48.5 Å². The number of nitrogens with one attached hydrogen (secondary N) is 1. The second kappa shape index (κ2) is 11.0. The van der Waals surface area contributed by atoms with Crippen molar-refractivity contribution in [2.45, 2.75) is 58.2 Å². The number of sulfonamides is 1. The van der Waals surface area contributed by atoms with Gasteiger partial charge in [-0.15, -0.1) is 0 Å². The predicted octanol–water partition coefficient (Wildman–Crippen LogP) is 3.38. The second-order valence-corrected chi connectivity index (χ2v) is 10.8. The first-order valence-electron chi connectivity index (χ1n) is 11.4. The average Bonchev–Trinajstić information content (AvgIpc) is 3.28. The van der Waals surface area contributed by atoms with Gasteiger partial charge in [0.15, 0.2) is 0 Å². The van der Waals surface area contributed by atoms with E-state index in [4.69, 9.17) is 0 Å². The highest BCUT2D eigenvalue weighted by Crippen LogP contribution is 2.21. The van der Waals surface area contributed by atoms with E-state index < -0.39 is 34.3 Å². The zero-order valence-corrected chi connectivity index (χ0v) is 20.6. The van der Waals surface area contributed by atoms with Crippen LogP contribution in [0.1, 0.15) is 43.7 Å². The monoisotopic (exact) mass is 489 g/mol. The first-order chi connectivity index (χ1) is 16.0. The van der Waals surface area contributed by atoms with Gasteiger partial charge in [0.1, 0.15) is 18.4 Å². The molecule has 9 heteroatoms. The van der Waals surface area contributed by atoms with Crippen molar-refractivity contribution in [1.82, 2.24) is 10.2 Å². The number of benzene rings is 2. The Morgan fingerprint density at radius 3 is 2.35 bits per heavy atom. The van der Waals surface area contributed by atoms with Crippen LogP contribution in [-0.4, -0.2) is 50.0 Å². The van der Waals surface area contributed by atoms with Crippen molar-refractivity contribution in [2.24, 2.45) is 0 Å². The molecule has 0 bridgehead atoms. The summed E-state index contributed by atoms with van der Waals surface area (Å²) in [6.07, 6.45) is 4.96. The lowest BCUT2D eigenvalue weighted by Crippen LogP contribution is -2.52. The SMILES string of the molecule is Cc1cccc(N(CC(=O)N(Cc2ccc(F)cc2)[C@H](C)C(=O)NC2CCCC2)S(C)(=O)=O)c1. The van der Waals surface area contributed by atoms with Crippen molar-refractivity contribution < 1.29 is 22.4 Å². The molecule has 2 aromatic rings. The summed E-state index contributed by atoms with van der Waals surface area (Å²) >= 11 is 0. The minimum atomic E-state index is -3.77. The fraction of sp³-hybridized carbons (Fsp3) is 0.440. The second-order valence-electron chi connectivity index (χ2n) is 8.92. The fourth-order valence-corrected chi connectivity index (χ4v) is 5.00. The summed E-state index contributed by atoms with van der Waals surface area (Å²) in [7, 11) is -3.77. The lowest BCUT2D eigenvalue weighted by atomic mass is 10.1. The molecule has 1 saturated carbocycles. The zero-order chi connectivity index (χ0) is 24.9. The summed E-state index contributed by atoms with van der Waals surface area (Å²) in [6.45, 7) is 3.06. The van der Waals surface area contributed by atoms with E-state index in [1.54, 1.807) is 37.3 Å². The maximum atomic E-state index is 13.5. The number of carbonyl (C=O) groups excluding carboxylic acids is 2. The molecule has 1 aliphatic carbocycles. The molecule has 0 heterocycles. The van der Waals surface area contributed by atoms with E-state index in [0.29, 0.717) is 11.3 Å². The Hall–Kier alpha value is -2.94. The quantitative estimate of drug-likeness (QED) is 0.585. The molecule has 0 aliphatic heterocycles. The Morgan fingerprint density at radius 1 is 1.12 bits per heavy atom.